The number of hydrogen-bond acceptors (Lipinski definition) is 5. The molecule has 39 heavy (non-hydrogen) atoms. The van der Waals surface area contributed by atoms with Crippen molar-refractivity contribution in [3.63, 3.8) is 0 Å². The van der Waals surface area contributed by atoms with Gasteiger partial charge in [-0.25, -0.2) is 4.68 Å². The molecule has 1 aliphatic carbocycles. The molecule has 2 aromatic carbocycles. The molecule has 8 nitrogen and oxygen atoms in total. The summed E-state index contributed by atoms with van der Waals surface area (Å²) in [5.41, 5.74) is 2.44. The van der Waals surface area contributed by atoms with Gasteiger partial charge in [-0.15, -0.1) is 0 Å². The summed E-state index contributed by atoms with van der Waals surface area (Å²) in [6.07, 6.45) is 10.7. The third-order valence-electron chi connectivity index (χ3n) is 7.48. The molecule has 1 aromatic heterocycles. The van der Waals surface area contributed by atoms with Crippen LogP contribution in [0.15, 0.2) is 72.6 Å². The Kier molecular flexibility index (Phi) is 7.27. The molecule has 5 rings (SSSR count). The summed E-state index contributed by atoms with van der Waals surface area (Å²) in [5, 5.41) is 28.0. The Hall–Kier alpha value is -4.35. The number of halogens is 1. The highest BCUT2D eigenvalue weighted by molar-refractivity contribution is 6.30. The van der Waals surface area contributed by atoms with Gasteiger partial charge in [-0.2, -0.15) is 10.4 Å². The zero-order valence-corrected chi connectivity index (χ0v) is 22.3. The van der Waals surface area contributed by atoms with E-state index in [-0.39, 0.29) is 17.9 Å². The van der Waals surface area contributed by atoms with Gasteiger partial charge in [0.25, 0.3) is 5.91 Å². The van der Waals surface area contributed by atoms with Crippen molar-refractivity contribution in [3.05, 3.63) is 100.0 Å². The number of aromatic nitrogens is 2. The number of amides is 1. The molecule has 2 aliphatic rings. The molecule has 1 atom stereocenters. The largest absolute Gasteiger partial charge is 0.480 e. The number of carboxylic acid groups (broad SMARTS) is 1. The number of carbonyl (C=O) groups is 2. The topological polar surface area (TPSA) is 111 Å². The maximum atomic E-state index is 13.1. The summed E-state index contributed by atoms with van der Waals surface area (Å²) < 4.78 is 1.65. The summed E-state index contributed by atoms with van der Waals surface area (Å²) in [4.78, 5) is 27.9. The SMILES string of the molecule is Cc1c(C(=O)Nc2ccc(C3(C(=O)O)C=CC(N4CCCCC4)=CC3)c(C#N)c2)cnn1-c1ccc(Cl)cc1. The number of carbonyl (C=O) groups excluding carboxylic acids is 1. The molecule has 0 radical (unpaired) electrons. The van der Waals surface area contributed by atoms with Crippen LogP contribution in [0, 0.1) is 18.3 Å². The molecule has 0 saturated carbocycles. The number of carboxylic acids is 1. The Morgan fingerprint density at radius 3 is 2.51 bits per heavy atom. The van der Waals surface area contributed by atoms with E-state index in [0.717, 1.165) is 37.3 Å². The molecule has 9 heteroatoms. The van der Waals surface area contributed by atoms with Crippen molar-refractivity contribution in [2.75, 3.05) is 18.4 Å². The molecule has 198 valence electrons. The summed E-state index contributed by atoms with van der Waals surface area (Å²) >= 11 is 5.98. The van der Waals surface area contributed by atoms with Crippen LogP contribution in [0.5, 0.6) is 0 Å². The highest BCUT2D eigenvalue weighted by atomic mass is 35.5. The Morgan fingerprint density at radius 2 is 1.87 bits per heavy atom. The monoisotopic (exact) mass is 541 g/mol. The maximum absolute atomic E-state index is 13.1. The third-order valence-corrected chi connectivity index (χ3v) is 7.73. The van der Waals surface area contributed by atoms with E-state index in [2.05, 4.69) is 21.4 Å². The second-order valence-corrected chi connectivity index (χ2v) is 10.3. The summed E-state index contributed by atoms with van der Waals surface area (Å²) in [6.45, 7) is 3.72. The lowest BCUT2D eigenvalue weighted by Gasteiger charge is -2.35. The first-order valence-electron chi connectivity index (χ1n) is 12.9. The molecule has 1 saturated heterocycles. The van der Waals surface area contributed by atoms with Gasteiger partial charge in [0.15, 0.2) is 0 Å². The van der Waals surface area contributed by atoms with Gasteiger partial charge in [0.2, 0.25) is 0 Å². The van der Waals surface area contributed by atoms with Crippen molar-refractivity contribution in [2.24, 2.45) is 0 Å². The maximum Gasteiger partial charge on any atom is 0.318 e. The highest BCUT2D eigenvalue weighted by Crippen LogP contribution is 2.38. The van der Waals surface area contributed by atoms with E-state index in [1.807, 2.05) is 24.3 Å². The summed E-state index contributed by atoms with van der Waals surface area (Å²) in [6, 6.07) is 14.0. The van der Waals surface area contributed by atoms with Gasteiger partial charge in [0.05, 0.1) is 34.8 Å². The van der Waals surface area contributed by atoms with Gasteiger partial charge >= 0.3 is 5.97 Å². The Balaban J connectivity index is 1.38. The zero-order chi connectivity index (χ0) is 27.6. The fourth-order valence-electron chi connectivity index (χ4n) is 5.27. The average Bonchev–Trinajstić information content (AvgIpc) is 3.35. The van der Waals surface area contributed by atoms with E-state index in [1.54, 1.807) is 41.9 Å². The van der Waals surface area contributed by atoms with E-state index >= 15 is 0 Å². The van der Waals surface area contributed by atoms with Gasteiger partial charge in [-0.3, -0.25) is 9.59 Å². The van der Waals surface area contributed by atoms with Gasteiger partial charge in [-0.1, -0.05) is 29.8 Å². The number of nitriles is 1. The number of nitrogens with zero attached hydrogens (tertiary/aromatic N) is 4. The van der Waals surface area contributed by atoms with Crippen LogP contribution < -0.4 is 5.32 Å². The number of allylic oxidation sites excluding steroid dienone is 2. The second-order valence-electron chi connectivity index (χ2n) is 9.85. The Morgan fingerprint density at radius 1 is 1.13 bits per heavy atom. The van der Waals surface area contributed by atoms with Crippen LogP contribution in [-0.4, -0.2) is 44.8 Å². The highest BCUT2D eigenvalue weighted by Gasteiger charge is 2.41. The molecule has 2 heterocycles. The smallest absolute Gasteiger partial charge is 0.318 e. The lowest BCUT2D eigenvalue weighted by Crippen LogP contribution is -2.37. The van der Waals surface area contributed by atoms with E-state index in [9.17, 15) is 20.0 Å². The normalized spacial score (nSPS) is 18.8. The first-order valence-corrected chi connectivity index (χ1v) is 13.2. The molecular weight excluding hydrogens is 514 g/mol. The van der Waals surface area contributed by atoms with E-state index in [4.69, 9.17) is 11.6 Å². The Bertz CT molecular complexity index is 1530. The standard InChI is InChI=1S/C30H28ClN5O3/c1-20-26(19-33-36(20)25-8-5-22(31)6-9-25)28(37)34-23-7-10-27(21(17-23)18-32)30(29(38)39)13-11-24(12-14-30)35-15-3-2-4-16-35/h5-13,17,19H,2-4,14-16H2,1H3,(H,34,37)(H,38,39). The molecule has 1 unspecified atom stereocenters. The van der Waals surface area contributed by atoms with Gasteiger partial charge < -0.3 is 15.3 Å². The molecule has 1 amide bonds. The van der Waals surface area contributed by atoms with Gasteiger partial charge in [0, 0.05) is 29.5 Å². The zero-order valence-electron chi connectivity index (χ0n) is 21.5. The predicted molar refractivity (Wildman–Crippen MR) is 149 cm³/mol. The molecule has 2 N–H and O–H groups in total. The van der Waals surface area contributed by atoms with Crippen LogP contribution >= 0.6 is 11.6 Å². The van der Waals surface area contributed by atoms with Crippen molar-refractivity contribution in [1.82, 2.24) is 14.7 Å². The minimum Gasteiger partial charge on any atom is -0.480 e. The number of aliphatic carboxylic acids is 1. The number of anilines is 1. The number of hydrogen-bond donors (Lipinski definition) is 2. The number of rotatable bonds is 6. The summed E-state index contributed by atoms with van der Waals surface area (Å²) in [5.74, 6) is -1.41. The third kappa shape index (κ3) is 5.06. The number of likely N-dealkylation sites (tertiary alicyclic amines) is 1. The van der Waals surface area contributed by atoms with Crippen LogP contribution in [-0.2, 0) is 10.2 Å². The van der Waals surface area contributed by atoms with Crippen molar-refractivity contribution in [1.29, 1.82) is 5.26 Å². The molecule has 0 bridgehead atoms. The predicted octanol–water partition coefficient (Wildman–Crippen LogP) is 5.61. The molecular formula is C30H28ClN5O3. The van der Waals surface area contributed by atoms with Crippen molar-refractivity contribution in [2.45, 2.75) is 38.0 Å². The lowest BCUT2D eigenvalue weighted by atomic mass is 9.73. The minimum absolute atomic E-state index is 0.197. The van der Waals surface area contributed by atoms with Crippen LogP contribution in [0.2, 0.25) is 5.02 Å². The van der Waals surface area contributed by atoms with Gasteiger partial charge in [-0.05, 0) is 80.6 Å². The van der Waals surface area contributed by atoms with Crippen molar-refractivity contribution < 1.29 is 14.7 Å². The number of benzene rings is 2. The first-order chi connectivity index (χ1) is 18.8. The quantitative estimate of drug-likeness (QED) is 0.419. The van der Waals surface area contributed by atoms with Crippen molar-refractivity contribution >= 4 is 29.2 Å². The molecule has 1 fully saturated rings. The second kappa shape index (κ2) is 10.8. The fraction of sp³-hybridized carbons (Fsp3) is 0.267. The minimum atomic E-state index is -1.36. The van der Waals surface area contributed by atoms with E-state index in [0.29, 0.717) is 27.5 Å². The molecule has 0 spiro atoms. The van der Waals surface area contributed by atoms with Crippen LogP contribution in [0.4, 0.5) is 5.69 Å². The fourth-order valence-corrected chi connectivity index (χ4v) is 5.39. The van der Waals surface area contributed by atoms with Gasteiger partial charge in [0.1, 0.15) is 5.41 Å². The van der Waals surface area contributed by atoms with Crippen molar-refractivity contribution in [3.8, 4) is 11.8 Å². The lowest BCUT2D eigenvalue weighted by molar-refractivity contribution is -0.141. The molecule has 3 aromatic rings. The number of piperidine rings is 1. The first kappa shape index (κ1) is 26.3. The number of nitrogens with one attached hydrogen (secondary N) is 1. The Labute approximate surface area is 231 Å². The van der Waals surface area contributed by atoms with Crippen LogP contribution in [0.1, 0.15) is 52.9 Å². The average molecular weight is 542 g/mol. The molecule has 1 aliphatic heterocycles. The summed E-state index contributed by atoms with van der Waals surface area (Å²) in [7, 11) is 0. The van der Waals surface area contributed by atoms with E-state index in [1.165, 1.54) is 18.7 Å². The van der Waals surface area contributed by atoms with E-state index < -0.39 is 11.4 Å². The van der Waals surface area contributed by atoms with Crippen LogP contribution in [0.25, 0.3) is 5.69 Å². The van der Waals surface area contributed by atoms with Crippen LogP contribution in [0.3, 0.4) is 0 Å².